The van der Waals surface area contributed by atoms with E-state index in [0.717, 1.165) is 0 Å². The van der Waals surface area contributed by atoms with Gasteiger partial charge in [-0.3, -0.25) is 5.32 Å². The van der Waals surface area contributed by atoms with Crippen LogP contribution in [0.25, 0.3) is 0 Å². The molecule has 0 aromatic heterocycles. The van der Waals surface area contributed by atoms with Crippen molar-refractivity contribution < 1.29 is 24.4 Å². The number of alkyl halides is 1. The highest BCUT2D eigenvalue weighted by atomic mass is 19.1. The van der Waals surface area contributed by atoms with Gasteiger partial charge in [0, 0.05) is 13.1 Å². The number of nitrogens with one attached hydrogen (secondary N) is 1. The third kappa shape index (κ3) is 2.49. The minimum absolute atomic E-state index is 0.310. The largest absolute Gasteiger partial charge is 0.394 e. The molecule has 2 aliphatic heterocycles. The molecule has 0 bridgehead atoms. The Balaban J connectivity index is 2.08. The molecule has 4 N–H and O–H groups in total. The van der Waals surface area contributed by atoms with Crippen LogP contribution in [-0.4, -0.2) is 70.9 Å². The average molecular weight is 248 g/mol. The van der Waals surface area contributed by atoms with Gasteiger partial charge < -0.3 is 20.1 Å². The lowest BCUT2D eigenvalue weighted by molar-refractivity contribution is -0.148. The molecule has 98 valence electrons. The fraction of sp³-hybridized carbons (Fsp3) is 0.800. The zero-order valence-corrected chi connectivity index (χ0v) is 9.24. The predicted molar refractivity (Wildman–Crippen MR) is 56.5 cm³/mol. The molecule has 17 heavy (non-hydrogen) atoms. The minimum Gasteiger partial charge on any atom is -0.394 e. The Bertz CT molecular complexity index is 291. The van der Waals surface area contributed by atoms with Crippen LogP contribution < -0.4 is 5.32 Å². The molecule has 2 unspecified atom stereocenters. The minimum atomic E-state index is -1.66. The quantitative estimate of drug-likeness (QED) is 0.429. The Labute approximate surface area is 98.3 Å². The van der Waals surface area contributed by atoms with E-state index in [1.165, 1.54) is 4.90 Å². The highest BCUT2D eigenvalue weighted by Crippen LogP contribution is 2.27. The maximum absolute atomic E-state index is 13.8. The molecule has 2 aliphatic rings. The fourth-order valence-corrected chi connectivity index (χ4v) is 2.03. The summed E-state index contributed by atoms with van der Waals surface area (Å²) in [4.78, 5) is 1.35. The lowest BCUT2D eigenvalue weighted by Crippen LogP contribution is -2.53. The summed E-state index contributed by atoms with van der Waals surface area (Å²) in [5.74, 6) is 0. The SMILES string of the molecule is OCC1O[C@@H](N2CC=CCNC2O)[C@@H](F)[C@@H]1O. The van der Waals surface area contributed by atoms with Crippen molar-refractivity contribution in [3.63, 3.8) is 0 Å². The standard InChI is InChI=1S/C10H17FN2O4/c11-7-8(15)6(5-14)17-9(7)13-4-2-1-3-12-10(13)16/h1-2,6-10,12,14-16H,3-5H2/t6?,7-,8+,9+,10?/m0/s1. The van der Waals surface area contributed by atoms with Crippen molar-refractivity contribution in [3.8, 4) is 0 Å². The van der Waals surface area contributed by atoms with Crippen molar-refractivity contribution in [3.05, 3.63) is 12.2 Å². The lowest BCUT2D eigenvalue weighted by atomic mass is 10.1. The van der Waals surface area contributed by atoms with E-state index in [4.69, 9.17) is 9.84 Å². The predicted octanol–water partition coefficient (Wildman–Crippen LogP) is -1.86. The topological polar surface area (TPSA) is 85.2 Å². The van der Waals surface area contributed by atoms with E-state index in [1.807, 2.05) is 6.08 Å². The second kappa shape index (κ2) is 5.38. The molecule has 0 saturated carbocycles. The molecule has 5 atom stereocenters. The van der Waals surface area contributed by atoms with Crippen LogP contribution in [0.1, 0.15) is 0 Å². The lowest BCUT2D eigenvalue weighted by Gasteiger charge is -2.31. The molecular weight excluding hydrogens is 231 g/mol. The summed E-state index contributed by atoms with van der Waals surface area (Å²) in [6.45, 7) is 0.336. The molecule has 2 rings (SSSR count). The van der Waals surface area contributed by atoms with Crippen LogP contribution in [0, 0.1) is 0 Å². The fourth-order valence-electron chi connectivity index (χ4n) is 2.03. The molecule has 1 saturated heterocycles. The van der Waals surface area contributed by atoms with Crippen LogP contribution in [0.5, 0.6) is 0 Å². The second-order valence-corrected chi connectivity index (χ2v) is 4.13. The number of aliphatic hydroxyl groups is 3. The van der Waals surface area contributed by atoms with Crippen molar-refractivity contribution >= 4 is 0 Å². The van der Waals surface area contributed by atoms with Crippen LogP contribution in [0.3, 0.4) is 0 Å². The highest BCUT2D eigenvalue weighted by Gasteiger charge is 2.47. The van der Waals surface area contributed by atoms with E-state index in [2.05, 4.69) is 5.32 Å². The first kappa shape index (κ1) is 12.9. The van der Waals surface area contributed by atoms with Gasteiger partial charge in [0.2, 0.25) is 0 Å². The summed E-state index contributed by atoms with van der Waals surface area (Å²) in [6, 6.07) is 0. The van der Waals surface area contributed by atoms with Gasteiger partial charge in [0.05, 0.1) is 6.61 Å². The summed E-state index contributed by atoms with van der Waals surface area (Å²) < 4.78 is 19.0. The van der Waals surface area contributed by atoms with Gasteiger partial charge in [-0.1, -0.05) is 12.2 Å². The molecule has 7 heteroatoms. The number of rotatable bonds is 2. The normalized spacial score (nSPS) is 43.9. The molecule has 0 aromatic rings. The third-order valence-corrected chi connectivity index (χ3v) is 3.02. The number of hydrogen-bond donors (Lipinski definition) is 4. The molecule has 2 heterocycles. The van der Waals surface area contributed by atoms with Gasteiger partial charge in [0.1, 0.15) is 18.4 Å². The summed E-state index contributed by atoms with van der Waals surface area (Å²) in [7, 11) is 0. The van der Waals surface area contributed by atoms with Crippen molar-refractivity contribution in [2.45, 2.75) is 31.0 Å². The Hall–Kier alpha value is -0.570. The summed E-state index contributed by atoms with van der Waals surface area (Å²) in [5.41, 5.74) is 0. The van der Waals surface area contributed by atoms with Gasteiger partial charge in [-0.25, -0.2) is 9.29 Å². The van der Waals surface area contributed by atoms with Gasteiger partial charge >= 0.3 is 0 Å². The summed E-state index contributed by atoms with van der Waals surface area (Å²) in [5, 5.41) is 30.9. The maximum Gasteiger partial charge on any atom is 0.168 e. The summed E-state index contributed by atoms with van der Waals surface area (Å²) in [6.07, 6.45) is -2.50. The second-order valence-electron chi connectivity index (χ2n) is 4.13. The molecule has 0 radical (unpaired) electrons. The highest BCUT2D eigenvalue weighted by molar-refractivity contribution is 4.96. The Kier molecular flexibility index (Phi) is 4.08. The molecular formula is C10H17FN2O4. The molecule has 0 spiro atoms. The molecule has 0 amide bonds. The van der Waals surface area contributed by atoms with Gasteiger partial charge in [0.25, 0.3) is 0 Å². The van der Waals surface area contributed by atoms with Crippen LogP contribution in [0.4, 0.5) is 4.39 Å². The summed E-state index contributed by atoms with van der Waals surface area (Å²) >= 11 is 0. The molecule has 6 nitrogen and oxygen atoms in total. The number of aliphatic hydroxyl groups excluding tert-OH is 3. The van der Waals surface area contributed by atoms with Gasteiger partial charge in [-0.15, -0.1) is 0 Å². The Morgan fingerprint density at radius 2 is 2.18 bits per heavy atom. The van der Waals surface area contributed by atoms with Crippen molar-refractivity contribution in [2.75, 3.05) is 19.7 Å². The Morgan fingerprint density at radius 3 is 2.82 bits per heavy atom. The zero-order chi connectivity index (χ0) is 12.4. The average Bonchev–Trinajstić information content (AvgIpc) is 2.51. The number of ether oxygens (including phenoxy) is 1. The van der Waals surface area contributed by atoms with Crippen LogP contribution in [0.2, 0.25) is 0 Å². The van der Waals surface area contributed by atoms with Gasteiger partial charge in [0.15, 0.2) is 12.5 Å². The maximum atomic E-state index is 13.8. The molecule has 1 fully saturated rings. The third-order valence-electron chi connectivity index (χ3n) is 3.02. The first-order valence-corrected chi connectivity index (χ1v) is 5.56. The van der Waals surface area contributed by atoms with Crippen LogP contribution >= 0.6 is 0 Å². The van der Waals surface area contributed by atoms with Crippen LogP contribution in [0.15, 0.2) is 12.2 Å². The Morgan fingerprint density at radius 1 is 1.41 bits per heavy atom. The molecule has 0 aliphatic carbocycles. The van der Waals surface area contributed by atoms with Crippen molar-refractivity contribution in [1.82, 2.24) is 10.2 Å². The van der Waals surface area contributed by atoms with Crippen molar-refractivity contribution in [2.24, 2.45) is 0 Å². The first-order valence-electron chi connectivity index (χ1n) is 5.56. The number of hydrogen-bond acceptors (Lipinski definition) is 6. The van der Waals surface area contributed by atoms with E-state index >= 15 is 0 Å². The number of nitrogens with zero attached hydrogens (tertiary/aromatic N) is 1. The zero-order valence-electron chi connectivity index (χ0n) is 9.24. The van der Waals surface area contributed by atoms with E-state index < -0.39 is 37.6 Å². The monoisotopic (exact) mass is 248 g/mol. The van der Waals surface area contributed by atoms with Gasteiger partial charge in [-0.2, -0.15) is 0 Å². The van der Waals surface area contributed by atoms with E-state index in [-0.39, 0.29) is 0 Å². The first-order chi connectivity index (χ1) is 8.15. The number of halogens is 1. The van der Waals surface area contributed by atoms with E-state index in [1.54, 1.807) is 6.08 Å². The van der Waals surface area contributed by atoms with E-state index in [0.29, 0.717) is 13.1 Å². The van der Waals surface area contributed by atoms with Crippen molar-refractivity contribution in [1.29, 1.82) is 0 Å². The molecule has 0 aromatic carbocycles. The van der Waals surface area contributed by atoms with E-state index in [9.17, 15) is 14.6 Å². The van der Waals surface area contributed by atoms with Crippen LogP contribution in [-0.2, 0) is 4.74 Å². The van der Waals surface area contributed by atoms with Gasteiger partial charge in [-0.05, 0) is 0 Å². The smallest absolute Gasteiger partial charge is 0.168 e.